The summed E-state index contributed by atoms with van der Waals surface area (Å²) in [6.07, 6.45) is 0. The smallest absolute Gasteiger partial charge is 0.270 e. The van der Waals surface area contributed by atoms with Crippen LogP contribution in [0.4, 0.5) is 5.69 Å². The Morgan fingerprint density at radius 3 is 2.37 bits per heavy atom. The monoisotopic (exact) mass is 464 g/mol. The first-order chi connectivity index (χ1) is 14.0. The lowest BCUT2D eigenvalue weighted by molar-refractivity contribution is -0.116. The maximum absolute atomic E-state index is 13.1. The number of benzene rings is 1. The Balaban J connectivity index is 1.99. The molecule has 1 N–H and O–H groups in total. The summed E-state index contributed by atoms with van der Waals surface area (Å²) in [6, 6.07) is 10.0. The van der Waals surface area contributed by atoms with Gasteiger partial charge in [-0.25, -0.2) is 8.42 Å². The van der Waals surface area contributed by atoms with Crippen molar-refractivity contribution in [2.24, 2.45) is 0 Å². The van der Waals surface area contributed by atoms with E-state index in [0.29, 0.717) is 21.3 Å². The molecule has 2 aromatic heterocycles. The number of nitrogens with one attached hydrogen (secondary N) is 1. The van der Waals surface area contributed by atoms with Gasteiger partial charge in [-0.3, -0.25) is 9.59 Å². The van der Waals surface area contributed by atoms with Crippen LogP contribution in [-0.4, -0.2) is 18.9 Å². The number of carbonyl (C=O) groups is 1. The van der Waals surface area contributed by atoms with Crippen LogP contribution < -0.4 is 10.9 Å². The Hall–Kier alpha value is -2.42. The molecule has 1 aromatic carbocycles. The van der Waals surface area contributed by atoms with Crippen LogP contribution in [0.5, 0.6) is 0 Å². The highest BCUT2D eigenvalue weighted by molar-refractivity contribution is 7.93. The van der Waals surface area contributed by atoms with Crippen LogP contribution in [0.2, 0.25) is 4.34 Å². The predicted octanol–water partition coefficient (Wildman–Crippen LogP) is 4.27. The third kappa shape index (κ3) is 4.35. The van der Waals surface area contributed by atoms with Gasteiger partial charge >= 0.3 is 0 Å². The van der Waals surface area contributed by atoms with E-state index in [-0.39, 0.29) is 15.6 Å². The van der Waals surface area contributed by atoms with Crippen molar-refractivity contribution in [3.05, 3.63) is 73.5 Å². The molecule has 30 heavy (non-hydrogen) atoms. The van der Waals surface area contributed by atoms with Crippen LogP contribution in [0.15, 0.2) is 50.3 Å². The number of sulfone groups is 1. The minimum absolute atomic E-state index is 0.0113. The van der Waals surface area contributed by atoms with Gasteiger partial charge in [0, 0.05) is 11.4 Å². The minimum Gasteiger partial charge on any atom is -0.324 e. The van der Waals surface area contributed by atoms with E-state index in [9.17, 15) is 18.0 Å². The maximum Gasteiger partial charge on any atom is 0.270 e. The fraction of sp³-hybridized carbons (Fsp3) is 0.238. The van der Waals surface area contributed by atoms with Crippen molar-refractivity contribution in [2.75, 3.05) is 5.32 Å². The van der Waals surface area contributed by atoms with Gasteiger partial charge in [-0.1, -0.05) is 29.3 Å². The molecule has 0 fully saturated rings. The number of thiophene rings is 1. The molecule has 9 heteroatoms. The number of carbonyl (C=O) groups excluding carboxylic acids is 1. The number of hydrogen-bond donors (Lipinski definition) is 1. The highest BCUT2D eigenvalue weighted by Crippen LogP contribution is 2.30. The molecule has 3 rings (SSSR count). The summed E-state index contributed by atoms with van der Waals surface area (Å²) in [5.74, 6) is -0.418. The number of aryl methyl sites for hydroxylation is 4. The van der Waals surface area contributed by atoms with Gasteiger partial charge in [-0.05, 0) is 63.1 Å². The SMILES string of the molecule is Cc1ccc(NC(=O)Cn2c(C)cc(C)c(S(=O)(=O)c3ccc(Cl)s3)c2=O)c(C)c1. The summed E-state index contributed by atoms with van der Waals surface area (Å²) in [5.41, 5.74) is 2.70. The molecule has 0 spiro atoms. The first-order valence-corrected chi connectivity index (χ1v) is 11.8. The summed E-state index contributed by atoms with van der Waals surface area (Å²) < 4.78 is 27.6. The number of halogens is 1. The fourth-order valence-corrected chi connectivity index (χ4v) is 6.40. The van der Waals surface area contributed by atoms with Crippen LogP contribution in [-0.2, 0) is 21.2 Å². The van der Waals surface area contributed by atoms with Gasteiger partial charge in [0.25, 0.3) is 5.56 Å². The molecular formula is C21H21ClN2O4S2. The topological polar surface area (TPSA) is 85.2 Å². The van der Waals surface area contributed by atoms with Gasteiger partial charge in [-0.2, -0.15) is 0 Å². The Labute approximate surface area is 184 Å². The molecule has 6 nitrogen and oxygen atoms in total. The zero-order valence-electron chi connectivity index (χ0n) is 16.9. The van der Waals surface area contributed by atoms with E-state index in [1.165, 1.54) is 16.7 Å². The average molecular weight is 465 g/mol. The number of hydrogen-bond acceptors (Lipinski definition) is 5. The summed E-state index contributed by atoms with van der Waals surface area (Å²) in [4.78, 5) is 25.4. The van der Waals surface area contributed by atoms with Gasteiger partial charge in [0.15, 0.2) is 0 Å². The molecule has 0 bridgehead atoms. The van der Waals surface area contributed by atoms with Crippen LogP contribution in [0.3, 0.4) is 0 Å². The van der Waals surface area contributed by atoms with E-state index >= 15 is 0 Å². The van der Waals surface area contributed by atoms with Crippen molar-refractivity contribution in [1.29, 1.82) is 0 Å². The van der Waals surface area contributed by atoms with Crippen LogP contribution in [0.25, 0.3) is 0 Å². The quantitative estimate of drug-likeness (QED) is 0.611. The lowest BCUT2D eigenvalue weighted by Gasteiger charge is -2.15. The molecule has 0 saturated carbocycles. The average Bonchev–Trinajstić information content (AvgIpc) is 3.08. The summed E-state index contributed by atoms with van der Waals surface area (Å²) in [7, 11) is -4.06. The van der Waals surface area contributed by atoms with Gasteiger partial charge in [0.2, 0.25) is 15.7 Å². The zero-order chi connectivity index (χ0) is 22.2. The molecule has 158 valence electrons. The van der Waals surface area contributed by atoms with E-state index in [0.717, 1.165) is 22.5 Å². The first-order valence-electron chi connectivity index (χ1n) is 9.09. The zero-order valence-corrected chi connectivity index (χ0v) is 19.3. The second kappa shape index (κ2) is 8.37. The normalized spacial score (nSPS) is 11.5. The van der Waals surface area contributed by atoms with E-state index in [4.69, 9.17) is 11.6 Å². The van der Waals surface area contributed by atoms with Crippen molar-refractivity contribution in [3.63, 3.8) is 0 Å². The summed E-state index contributed by atoms with van der Waals surface area (Å²) in [6.45, 7) is 6.76. The van der Waals surface area contributed by atoms with E-state index in [2.05, 4.69) is 5.32 Å². The molecular weight excluding hydrogens is 444 g/mol. The van der Waals surface area contributed by atoms with E-state index in [1.807, 2.05) is 26.0 Å². The molecule has 1 amide bonds. The lowest BCUT2D eigenvalue weighted by Crippen LogP contribution is -2.33. The highest BCUT2D eigenvalue weighted by Gasteiger charge is 2.27. The lowest BCUT2D eigenvalue weighted by atomic mass is 10.1. The van der Waals surface area contributed by atoms with Gasteiger partial charge in [0.05, 0.1) is 4.34 Å². The maximum atomic E-state index is 13.1. The van der Waals surface area contributed by atoms with Crippen molar-refractivity contribution in [2.45, 2.75) is 43.3 Å². The molecule has 0 unspecified atom stereocenters. The number of nitrogens with zero attached hydrogens (tertiary/aromatic N) is 1. The van der Waals surface area contributed by atoms with E-state index < -0.39 is 21.3 Å². The number of pyridine rings is 1. The molecule has 3 aromatic rings. The second-order valence-corrected chi connectivity index (χ2v) is 10.9. The molecule has 0 radical (unpaired) electrons. The summed E-state index contributed by atoms with van der Waals surface area (Å²) in [5, 5.41) is 2.78. The third-order valence-corrected chi connectivity index (χ3v) is 8.32. The predicted molar refractivity (Wildman–Crippen MR) is 120 cm³/mol. The number of anilines is 1. The van der Waals surface area contributed by atoms with Crippen LogP contribution in [0, 0.1) is 27.7 Å². The molecule has 0 saturated heterocycles. The van der Waals surface area contributed by atoms with Crippen molar-refractivity contribution in [3.8, 4) is 0 Å². The van der Waals surface area contributed by atoms with E-state index in [1.54, 1.807) is 26.0 Å². The molecule has 0 aliphatic heterocycles. The first kappa shape index (κ1) is 22.3. The summed E-state index contributed by atoms with van der Waals surface area (Å²) >= 11 is 6.76. The van der Waals surface area contributed by atoms with Crippen LogP contribution >= 0.6 is 22.9 Å². The molecule has 0 atom stereocenters. The van der Waals surface area contributed by atoms with Crippen LogP contribution in [0.1, 0.15) is 22.4 Å². The molecule has 0 aliphatic carbocycles. The largest absolute Gasteiger partial charge is 0.324 e. The number of aromatic nitrogens is 1. The minimum atomic E-state index is -4.06. The van der Waals surface area contributed by atoms with Crippen molar-refractivity contribution >= 4 is 44.4 Å². The Kier molecular flexibility index (Phi) is 6.21. The second-order valence-electron chi connectivity index (χ2n) is 7.12. The number of rotatable bonds is 5. The Morgan fingerprint density at radius 2 is 1.77 bits per heavy atom. The van der Waals surface area contributed by atoms with Crippen molar-refractivity contribution in [1.82, 2.24) is 4.57 Å². The molecule has 2 heterocycles. The third-order valence-electron chi connectivity index (χ3n) is 4.69. The Bertz CT molecular complexity index is 1310. The highest BCUT2D eigenvalue weighted by atomic mass is 35.5. The van der Waals surface area contributed by atoms with Gasteiger partial charge in [0.1, 0.15) is 15.6 Å². The van der Waals surface area contributed by atoms with Gasteiger partial charge < -0.3 is 9.88 Å². The standard InChI is InChI=1S/C21H21ClN2O4S2/c1-12-5-6-16(13(2)9-12)23-18(25)11-24-15(4)10-14(3)20(21(24)26)30(27,28)19-8-7-17(22)29-19/h5-10H,11H2,1-4H3,(H,23,25). The number of amides is 1. The molecule has 0 aliphatic rings. The fourth-order valence-electron chi connectivity index (χ4n) is 3.26. The van der Waals surface area contributed by atoms with Gasteiger partial charge in [-0.15, -0.1) is 11.3 Å². The Morgan fingerprint density at radius 1 is 1.07 bits per heavy atom. The van der Waals surface area contributed by atoms with Crippen molar-refractivity contribution < 1.29 is 13.2 Å².